The summed E-state index contributed by atoms with van der Waals surface area (Å²) < 4.78 is 6.55. The van der Waals surface area contributed by atoms with Crippen LogP contribution in [0.5, 0.6) is 5.75 Å². The SMILES string of the molecule is CN1CCCN(C2CCN(C(=O)[C@@H](Cc3ccc(O)c(Br)c3)OC(=O)N3CCC(N4CCc5ccccc5NC4=O)CC3)CC2)CC1. The Balaban J connectivity index is 1.07. The topological polar surface area (TPSA) is 109 Å². The number of urea groups is 1. The van der Waals surface area contributed by atoms with Gasteiger partial charge in [-0.15, -0.1) is 0 Å². The average molecular weight is 712 g/mol. The van der Waals surface area contributed by atoms with Gasteiger partial charge in [0.05, 0.1) is 4.47 Å². The van der Waals surface area contributed by atoms with Crippen molar-refractivity contribution < 1.29 is 24.2 Å². The second kappa shape index (κ2) is 15.3. The number of hydrogen-bond acceptors (Lipinski definition) is 7. The number of benzene rings is 2. The van der Waals surface area contributed by atoms with Crippen LogP contribution in [0.15, 0.2) is 46.9 Å². The van der Waals surface area contributed by atoms with Crippen molar-refractivity contribution >= 4 is 39.6 Å². The molecule has 0 bridgehead atoms. The molecule has 1 atom stereocenters. The number of hydrogen-bond donors (Lipinski definition) is 2. The van der Waals surface area contributed by atoms with Crippen molar-refractivity contribution in [2.75, 3.05) is 71.3 Å². The van der Waals surface area contributed by atoms with E-state index in [1.54, 1.807) is 23.1 Å². The highest BCUT2D eigenvalue weighted by atomic mass is 79.9. The number of fused-ring (bicyclic) bond motifs is 1. The van der Waals surface area contributed by atoms with E-state index in [-0.39, 0.29) is 30.2 Å². The number of aromatic hydroxyl groups is 1. The lowest BCUT2D eigenvalue weighted by Gasteiger charge is -2.40. The maximum absolute atomic E-state index is 14.0. The summed E-state index contributed by atoms with van der Waals surface area (Å²) in [5.74, 6) is -0.0625. The van der Waals surface area contributed by atoms with Crippen LogP contribution in [0, 0.1) is 0 Å². The molecule has 12 heteroatoms. The minimum Gasteiger partial charge on any atom is -0.507 e. The molecule has 4 aliphatic heterocycles. The predicted molar refractivity (Wildman–Crippen MR) is 184 cm³/mol. The molecule has 2 aromatic rings. The van der Waals surface area contributed by atoms with Gasteiger partial charge in [0, 0.05) is 70.0 Å². The Morgan fingerprint density at radius 1 is 0.915 bits per heavy atom. The van der Waals surface area contributed by atoms with Gasteiger partial charge in [0.1, 0.15) is 5.75 Å². The molecular weight excluding hydrogens is 664 g/mol. The Kier molecular flexibility index (Phi) is 10.9. The third kappa shape index (κ3) is 8.21. The minimum absolute atomic E-state index is 0.0195. The van der Waals surface area contributed by atoms with E-state index in [2.05, 4.69) is 38.1 Å². The van der Waals surface area contributed by atoms with E-state index >= 15 is 0 Å². The van der Waals surface area contributed by atoms with Gasteiger partial charge in [-0.1, -0.05) is 24.3 Å². The number of rotatable bonds is 6. The van der Waals surface area contributed by atoms with Gasteiger partial charge >= 0.3 is 12.1 Å². The standard InChI is InChI=1S/C35H47BrN6O5/c1-38-14-4-15-39(22-21-38)27-10-16-40(17-11-27)33(44)32(24-25-7-8-31(43)29(36)23-25)47-35(46)41-18-12-28(13-19-41)42-20-9-26-5-2-3-6-30(26)37-34(42)45/h2-3,5-8,23,27-28,32,43H,4,9-22,24H2,1H3,(H,37,45)/t32-/m1/s1. The largest absolute Gasteiger partial charge is 0.507 e. The van der Waals surface area contributed by atoms with Crippen LogP contribution < -0.4 is 5.32 Å². The number of likely N-dealkylation sites (tertiary alicyclic amines) is 2. The van der Waals surface area contributed by atoms with Crippen LogP contribution in [-0.4, -0.2) is 132 Å². The number of phenols is 1. The van der Waals surface area contributed by atoms with Crippen molar-refractivity contribution in [3.8, 4) is 5.75 Å². The number of nitrogens with one attached hydrogen (secondary N) is 1. The van der Waals surface area contributed by atoms with Gasteiger partial charge in [-0.05, 0) is 104 Å². The van der Waals surface area contributed by atoms with E-state index in [9.17, 15) is 19.5 Å². The monoisotopic (exact) mass is 710 g/mol. The summed E-state index contributed by atoms with van der Waals surface area (Å²) in [6, 6.07) is 13.4. The number of piperidine rings is 2. The maximum Gasteiger partial charge on any atom is 0.410 e. The van der Waals surface area contributed by atoms with Crippen molar-refractivity contribution in [1.29, 1.82) is 0 Å². The predicted octanol–water partition coefficient (Wildman–Crippen LogP) is 4.39. The van der Waals surface area contributed by atoms with Crippen molar-refractivity contribution in [2.45, 2.75) is 63.1 Å². The number of carbonyl (C=O) groups excluding carboxylic acids is 3. The lowest BCUT2D eigenvalue weighted by Crippen LogP contribution is -2.52. The zero-order chi connectivity index (χ0) is 32.9. The fraction of sp³-hybridized carbons (Fsp3) is 0.571. The number of carbonyl (C=O) groups is 3. The number of phenolic OH excluding ortho intramolecular Hbond substituents is 1. The molecule has 4 amide bonds. The lowest BCUT2D eigenvalue weighted by molar-refractivity contribution is -0.142. The van der Waals surface area contributed by atoms with Gasteiger partial charge in [0.2, 0.25) is 0 Å². The highest BCUT2D eigenvalue weighted by molar-refractivity contribution is 9.10. The quantitative estimate of drug-likeness (QED) is 0.458. The first-order valence-corrected chi connectivity index (χ1v) is 17.8. The van der Waals surface area contributed by atoms with Crippen LogP contribution in [0.2, 0.25) is 0 Å². The normalized spacial score (nSPS) is 21.4. The van der Waals surface area contributed by atoms with Crippen LogP contribution >= 0.6 is 15.9 Å². The highest BCUT2D eigenvalue weighted by Gasteiger charge is 2.36. The van der Waals surface area contributed by atoms with Crippen LogP contribution in [-0.2, 0) is 22.4 Å². The summed E-state index contributed by atoms with van der Waals surface area (Å²) in [4.78, 5) is 51.0. The molecule has 254 valence electrons. The summed E-state index contributed by atoms with van der Waals surface area (Å²) >= 11 is 3.37. The molecule has 0 aromatic heterocycles. The molecule has 0 unspecified atom stereocenters. The van der Waals surface area contributed by atoms with Crippen molar-refractivity contribution in [3.63, 3.8) is 0 Å². The Morgan fingerprint density at radius 2 is 1.64 bits per heavy atom. The Labute approximate surface area is 285 Å². The molecule has 11 nitrogen and oxygen atoms in total. The fourth-order valence-corrected chi connectivity index (χ4v) is 7.88. The van der Waals surface area contributed by atoms with Crippen LogP contribution in [0.1, 0.15) is 43.2 Å². The summed E-state index contributed by atoms with van der Waals surface area (Å²) in [6.45, 7) is 7.12. The molecule has 0 radical (unpaired) electrons. The molecule has 0 aliphatic carbocycles. The number of para-hydroxylation sites is 1. The molecule has 3 fully saturated rings. The lowest BCUT2D eigenvalue weighted by atomic mass is 10.0. The smallest absolute Gasteiger partial charge is 0.410 e. The van der Waals surface area contributed by atoms with Crippen molar-refractivity contribution in [1.82, 2.24) is 24.5 Å². The molecule has 4 aliphatic rings. The first-order valence-electron chi connectivity index (χ1n) is 17.0. The van der Waals surface area contributed by atoms with Crippen molar-refractivity contribution in [3.05, 3.63) is 58.1 Å². The number of ether oxygens (including phenoxy) is 1. The molecule has 2 aromatic carbocycles. The number of halogens is 1. The second-order valence-corrected chi connectivity index (χ2v) is 14.2. The number of anilines is 1. The third-order valence-electron chi connectivity index (χ3n) is 10.3. The van der Waals surface area contributed by atoms with Crippen LogP contribution in [0.4, 0.5) is 15.3 Å². The maximum atomic E-state index is 14.0. The van der Waals surface area contributed by atoms with E-state index in [0.29, 0.717) is 56.1 Å². The van der Waals surface area contributed by atoms with Gasteiger partial charge in [0.25, 0.3) is 5.91 Å². The Bertz CT molecular complexity index is 1430. The van der Waals surface area contributed by atoms with Crippen LogP contribution in [0.3, 0.4) is 0 Å². The molecule has 47 heavy (non-hydrogen) atoms. The van der Waals surface area contributed by atoms with Crippen molar-refractivity contribution in [2.24, 2.45) is 0 Å². The first kappa shape index (κ1) is 33.5. The molecule has 2 N–H and O–H groups in total. The van der Waals surface area contributed by atoms with Gasteiger partial charge in [-0.3, -0.25) is 9.69 Å². The van der Waals surface area contributed by atoms with E-state index in [0.717, 1.165) is 68.7 Å². The highest BCUT2D eigenvalue weighted by Crippen LogP contribution is 2.28. The summed E-state index contributed by atoms with van der Waals surface area (Å²) in [7, 11) is 2.18. The molecule has 3 saturated heterocycles. The van der Waals surface area contributed by atoms with Gasteiger partial charge in [0.15, 0.2) is 6.10 Å². The Morgan fingerprint density at radius 3 is 2.40 bits per heavy atom. The fourth-order valence-electron chi connectivity index (χ4n) is 7.45. The molecule has 6 rings (SSSR count). The van der Waals surface area contributed by atoms with Crippen LogP contribution in [0.25, 0.3) is 0 Å². The summed E-state index contributed by atoms with van der Waals surface area (Å²) in [5, 5.41) is 13.1. The number of nitrogens with zero attached hydrogens (tertiary/aromatic N) is 5. The zero-order valence-electron chi connectivity index (χ0n) is 27.3. The summed E-state index contributed by atoms with van der Waals surface area (Å²) in [5.41, 5.74) is 2.77. The second-order valence-electron chi connectivity index (χ2n) is 13.4. The van der Waals surface area contributed by atoms with Gasteiger partial charge in [-0.2, -0.15) is 0 Å². The number of likely N-dealkylation sites (N-methyl/N-ethyl adjacent to an activating group) is 1. The first-order chi connectivity index (χ1) is 22.7. The van der Waals surface area contributed by atoms with E-state index < -0.39 is 12.2 Å². The van der Waals surface area contributed by atoms with Gasteiger partial charge in [-0.25, -0.2) is 9.59 Å². The molecule has 0 spiro atoms. The van der Waals surface area contributed by atoms with E-state index in [1.807, 2.05) is 34.1 Å². The number of amides is 4. The molecular formula is C35H47BrN6O5. The zero-order valence-corrected chi connectivity index (χ0v) is 28.9. The third-order valence-corrected chi connectivity index (χ3v) is 10.9. The molecule has 0 saturated carbocycles. The summed E-state index contributed by atoms with van der Waals surface area (Å²) in [6.07, 6.45) is 3.77. The average Bonchev–Trinajstić information content (AvgIpc) is 3.40. The van der Waals surface area contributed by atoms with E-state index in [4.69, 9.17) is 4.74 Å². The van der Waals surface area contributed by atoms with E-state index in [1.165, 1.54) is 0 Å². The minimum atomic E-state index is -0.977. The van der Waals surface area contributed by atoms with Gasteiger partial charge < -0.3 is 34.8 Å². The Hall–Kier alpha value is -3.35. The molecule has 4 heterocycles.